The van der Waals surface area contributed by atoms with Gasteiger partial charge in [-0.25, -0.2) is 0 Å². The predicted molar refractivity (Wildman–Crippen MR) is 85.3 cm³/mol. The van der Waals surface area contributed by atoms with Crippen molar-refractivity contribution >= 4 is 0 Å². The molecule has 3 atom stereocenters. The molecule has 0 saturated carbocycles. The maximum Gasteiger partial charge on any atom is 0.416 e. The number of epoxide rings is 1. The van der Waals surface area contributed by atoms with Gasteiger partial charge < -0.3 is 29.2 Å². The van der Waals surface area contributed by atoms with E-state index in [0.717, 1.165) is 0 Å². The molecule has 3 unspecified atom stereocenters. The third kappa shape index (κ3) is 8.74. The maximum atomic E-state index is 12.8. The zero-order chi connectivity index (χ0) is 21.7. The third-order valence-corrected chi connectivity index (χ3v) is 3.64. The Balaban J connectivity index is 1.78. The lowest BCUT2D eigenvalue weighted by Gasteiger charge is -2.17. The summed E-state index contributed by atoms with van der Waals surface area (Å²) in [6.45, 7) is -0.223. The molecular weight excluding hydrogens is 414 g/mol. The Morgan fingerprint density at radius 2 is 1.34 bits per heavy atom. The van der Waals surface area contributed by atoms with Gasteiger partial charge in [0.25, 0.3) is 0 Å². The normalized spacial score (nSPS) is 19.1. The molecule has 1 saturated heterocycles. The van der Waals surface area contributed by atoms with E-state index >= 15 is 0 Å². The fourth-order valence-electron chi connectivity index (χ4n) is 2.14. The number of hydrogen-bond acceptors (Lipinski definition) is 6. The van der Waals surface area contributed by atoms with E-state index in [1.54, 1.807) is 0 Å². The van der Waals surface area contributed by atoms with Crippen LogP contribution in [0.1, 0.15) is 11.1 Å². The quantitative estimate of drug-likeness (QED) is 0.411. The molecule has 0 amide bonds. The van der Waals surface area contributed by atoms with Crippen molar-refractivity contribution in [1.29, 1.82) is 0 Å². The number of hydrogen-bond donors (Lipinski definition) is 2. The molecule has 1 fully saturated rings. The molecule has 1 aromatic rings. The number of aliphatic hydroxyl groups is 2. The first-order valence-electron chi connectivity index (χ1n) is 8.50. The van der Waals surface area contributed by atoms with Crippen LogP contribution in [0.15, 0.2) is 18.2 Å². The highest BCUT2D eigenvalue weighted by Crippen LogP contribution is 2.38. The standard InChI is InChI=1S/C17H20F6O6/c18-16(19,20)10-1-11(17(21,22)23)3-14(2-10)28-7-13(25)6-26-4-12(24)5-27-8-15-9-29-15/h1-3,12-13,15,24-25H,4-9H2. The van der Waals surface area contributed by atoms with E-state index in [1.165, 1.54) is 0 Å². The summed E-state index contributed by atoms with van der Waals surface area (Å²) in [7, 11) is 0. The van der Waals surface area contributed by atoms with Crippen molar-refractivity contribution in [3.8, 4) is 5.75 Å². The van der Waals surface area contributed by atoms with E-state index < -0.39 is 48.0 Å². The molecule has 166 valence electrons. The molecule has 0 aromatic heterocycles. The van der Waals surface area contributed by atoms with E-state index in [9.17, 15) is 36.6 Å². The second-order valence-corrected chi connectivity index (χ2v) is 6.39. The minimum atomic E-state index is -5.00. The number of benzene rings is 1. The van der Waals surface area contributed by atoms with Crippen LogP contribution >= 0.6 is 0 Å². The van der Waals surface area contributed by atoms with Crippen molar-refractivity contribution < 1.29 is 55.5 Å². The number of halogens is 6. The molecule has 0 spiro atoms. The van der Waals surface area contributed by atoms with Gasteiger partial charge in [-0.05, 0) is 18.2 Å². The molecule has 6 nitrogen and oxygen atoms in total. The van der Waals surface area contributed by atoms with Gasteiger partial charge in [-0.1, -0.05) is 0 Å². The van der Waals surface area contributed by atoms with Crippen LogP contribution in [0.2, 0.25) is 0 Å². The molecule has 0 bridgehead atoms. The molecule has 2 rings (SSSR count). The Morgan fingerprint density at radius 3 is 1.83 bits per heavy atom. The Bertz CT molecular complexity index is 614. The van der Waals surface area contributed by atoms with Crippen molar-refractivity contribution in [3.05, 3.63) is 29.3 Å². The largest absolute Gasteiger partial charge is 0.491 e. The Hall–Kier alpha value is -1.60. The van der Waals surface area contributed by atoms with Crippen LogP contribution in [0.5, 0.6) is 5.75 Å². The second-order valence-electron chi connectivity index (χ2n) is 6.39. The lowest BCUT2D eigenvalue weighted by molar-refractivity contribution is -0.143. The first kappa shape index (κ1) is 23.7. The van der Waals surface area contributed by atoms with E-state index in [2.05, 4.69) is 0 Å². The average Bonchev–Trinajstić information content (AvgIpc) is 3.42. The third-order valence-electron chi connectivity index (χ3n) is 3.64. The lowest BCUT2D eigenvalue weighted by atomic mass is 10.1. The highest BCUT2D eigenvalue weighted by atomic mass is 19.4. The summed E-state index contributed by atoms with van der Waals surface area (Å²) < 4.78 is 96.6. The number of ether oxygens (including phenoxy) is 4. The van der Waals surface area contributed by atoms with Gasteiger partial charge in [0.2, 0.25) is 0 Å². The second kappa shape index (κ2) is 9.94. The van der Waals surface area contributed by atoms with Crippen LogP contribution in [0.4, 0.5) is 26.3 Å². The highest BCUT2D eigenvalue weighted by Gasteiger charge is 2.37. The van der Waals surface area contributed by atoms with Gasteiger partial charge in [-0.2, -0.15) is 26.3 Å². The summed E-state index contributed by atoms with van der Waals surface area (Å²) in [5.74, 6) is -0.693. The van der Waals surface area contributed by atoms with Gasteiger partial charge in [-0.3, -0.25) is 0 Å². The molecule has 1 aliphatic rings. The van der Waals surface area contributed by atoms with Crippen LogP contribution in [-0.4, -0.2) is 68.2 Å². The van der Waals surface area contributed by atoms with Gasteiger partial charge in [-0.15, -0.1) is 0 Å². The van der Waals surface area contributed by atoms with Crippen molar-refractivity contribution in [2.45, 2.75) is 30.7 Å². The first-order chi connectivity index (χ1) is 13.4. The van der Waals surface area contributed by atoms with Crippen molar-refractivity contribution in [3.63, 3.8) is 0 Å². The van der Waals surface area contributed by atoms with Crippen LogP contribution in [-0.2, 0) is 26.6 Å². The molecule has 2 N–H and O–H groups in total. The van der Waals surface area contributed by atoms with Gasteiger partial charge in [0.05, 0.1) is 44.2 Å². The van der Waals surface area contributed by atoms with E-state index in [1.807, 2.05) is 0 Å². The van der Waals surface area contributed by atoms with Crippen LogP contribution in [0.25, 0.3) is 0 Å². The summed E-state index contributed by atoms with van der Waals surface area (Å²) in [4.78, 5) is 0. The van der Waals surface area contributed by atoms with Gasteiger partial charge in [0.1, 0.15) is 30.7 Å². The first-order valence-corrected chi connectivity index (χ1v) is 8.50. The monoisotopic (exact) mass is 434 g/mol. The van der Waals surface area contributed by atoms with E-state index in [-0.39, 0.29) is 32.0 Å². The lowest BCUT2D eigenvalue weighted by Crippen LogP contribution is -2.28. The molecule has 1 heterocycles. The molecule has 1 aliphatic heterocycles. The van der Waals surface area contributed by atoms with Crippen molar-refractivity contribution in [2.24, 2.45) is 0 Å². The summed E-state index contributed by atoms with van der Waals surface area (Å²) in [5.41, 5.74) is -3.04. The number of aliphatic hydroxyl groups excluding tert-OH is 2. The van der Waals surface area contributed by atoms with Gasteiger partial charge in [0.15, 0.2) is 0 Å². The smallest absolute Gasteiger partial charge is 0.416 e. The van der Waals surface area contributed by atoms with Crippen molar-refractivity contribution in [2.75, 3.05) is 39.6 Å². The minimum Gasteiger partial charge on any atom is -0.491 e. The molecular formula is C17H20F6O6. The van der Waals surface area contributed by atoms with E-state index in [0.29, 0.717) is 25.3 Å². The van der Waals surface area contributed by atoms with Crippen LogP contribution in [0.3, 0.4) is 0 Å². The van der Waals surface area contributed by atoms with Crippen LogP contribution < -0.4 is 4.74 Å². The molecule has 0 radical (unpaired) electrons. The molecule has 12 heteroatoms. The van der Waals surface area contributed by atoms with Gasteiger partial charge >= 0.3 is 12.4 Å². The maximum absolute atomic E-state index is 12.8. The Morgan fingerprint density at radius 1 is 0.862 bits per heavy atom. The predicted octanol–water partition coefficient (Wildman–Crippen LogP) is 2.26. The summed E-state index contributed by atoms with van der Waals surface area (Å²) in [6.07, 6.45) is -12.3. The van der Waals surface area contributed by atoms with Crippen molar-refractivity contribution in [1.82, 2.24) is 0 Å². The zero-order valence-corrected chi connectivity index (χ0v) is 15.0. The summed E-state index contributed by atoms with van der Waals surface area (Å²) in [5, 5.41) is 19.3. The van der Waals surface area contributed by atoms with Gasteiger partial charge in [0, 0.05) is 0 Å². The topological polar surface area (TPSA) is 80.7 Å². The average molecular weight is 434 g/mol. The molecule has 0 aliphatic carbocycles. The Labute approximate surface area is 161 Å². The number of rotatable bonds is 11. The summed E-state index contributed by atoms with van der Waals surface area (Å²) >= 11 is 0. The fourth-order valence-corrected chi connectivity index (χ4v) is 2.14. The zero-order valence-electron chi connectivity index (χ0n) is 15.0. The summed E-state index contributed by atoms with van der Waals surface area (Å²) in [6, 6.07) is 0.798. The molecule has 29 heavy (non-hydrogen) atoms. The fraction of sp³-hybridized carbons (Fsp3) is 0.647. The number of alkyl halides is 6. The SMILES string of the molecule is OC(COCC(O)COc1cc(C(F)(F)F)cc(C(F)(F)F)c1)COCC1CO1. The van der Waals surface area contributed by atoms with Crippen LogP contribution in [0, 0.1) is 0 Å². The highest BCUT2D eigenvalue weighted by molar-refractivity contribution is 5.37. The Kier molecular flexibility index (Phi) is 8.11. The minimum absolute atomic E-state index is 0.0170. The van der Waals surface area contributed by atoms with E-state index in [4.69, 9.17) is 18.9 Å². The molecule has 1 aromatic carbocycles.